The number of carbonyl (C=O) groups excluding carboxylic acids is 2. The molecule has 8 heteroatoms. The van der Waals surface area contributed by atoms with Crippen LogP contribution >= 0.6 is 0 Å². The third-order valence-electron chi connectivity index (χ3n) is 5.82. The summed E-state index contributed by atoms with van der Waals surface area (Å²) in [6.07, 6.45) is 1.68. The van der Waals surface area contributed by atoms with Crippen LogP contribution in [-0.4, -0.2) is 46.3 Å². The van der Waals surface area contributed by atoms with Gasteiger partial charge in [-0.05, 0) is 50.1 Å². The number of carbonyl (C=O) groups is 2. The van der Waals surface area contributed by atoms with Gasteiger partial charge < -0.3 is 20.3 Å². The van der Waals surface area contributed by atoms with Crippen LogP contribution in [0.15, 0.2) is 54.6 Å². The van der Waals surface area contributed by atoms with Gasteiger partial charge in [-0.3, -0.25) is 4.79 Å². The summed E-state index contributed by atoms with van der Waals surface area (Å²) in [5.74, 6) is 0.867. The van der Waals surface area contributed by atoms with Crippen LogP contribution in [0, 0.1) is 6.92 Å². The topological polar surface area (TPSA) is 88.5 Å². The number of aryl methyl sites for hydroxylation is 1. The molecule has 37 heavy (non-hydrogen) atoms. The number of nitrogens with zero attached hydrogens (tertiary/aromatic N) is 3. The van der Waals surface area contributed by atoms with Crippen molar-refractivity contribution in [2.24, 2.45) is 0 Å². The number of para-hydroxylation sites is 2. The molecule has 0 fully saturated rings. The van der Waals surface area contributed by atoms with E-state index < -0.39 is 0 Å². The van der Waals surface area contributed by atoms with Gasteiger partial charge in [0.05, 0.1) is 23.7 Å². The number of anilines is 2. The molecule has 2 N–H and O–H groups in total. The SMILES string of the molecule is CCCCN(CC(=O)Nc1cc(C(C)(C)C)nn1-c1cccc(C)c1)C(=O)Nc1ccccc1OCC. The monoisotopic (exact) mass is 505 g/mol. The van der Waals surface area contributed by atoms with Crippen LogP contribution in [0.4, 0.5) is 16.3 Å². The summed E-state index contributed by atoms with van der Waals surface area (Å²) in [4.78, 5) is 27.9. The lowest BCUT2D eigenvalue weighted by molar-refractivity contribution is -0.116. The maximum atomic E-state index is 13.2. The molecule has 3 aromatic rings. The van der Waals surface area contributed by atoms with E-state index in [1.165, 1.54) is 4.90 Å². The number of ether oxygens (including phenoxy) is 1. The van der Waals surface area contributed by atoms with Crippen LogP contribution in [0.5, 0.6) is 5.75 Å². The lowest BCUT2D eigenvalue weighted by Crippen LogP contribution is -2.41. The largest absolute Gasteiger partial charge is 0.492 e. The van der Waals surface area contributed by atoms with Gasteiger partial charge >= 0.3 is 6.03 Å². The van der Waals surface area contributed by atoms with Crippen molar-refractivity contribution in [3.8, 4) is 11.4 Å². The Labute approximate surface area is 220 Å². The van der Waals surface area contributed by atoms with Gasteiger partial charge in [-0.2, -0.15) is 5.10 Å². The van der Waals surface area contributed by atoms with Gasteiger partial charge in [0.15, 0.2) is 0 Å². The molecule has 0 saturated carbocycles. The Morgan fingerprint density at radius 1 is 1.03 bits per heavy atom. The molecule has 0 spiro atoms. The summed E-state index contributed by atoms with van der Waals surface area (Å²) in [5, 5.41) is 10.7. The van der Waals surface area contributed by atoms with E-state index >= 15 is 0 Å². The Morgan fingerprint density at radius 2 is 1.78 bits per heavy atom. The highest BCUT2D eigenvalue weighted by Gasteiger charge is 2.23. The molecular formula is C29H39N5O3. The lowest BCUT2D eigenvalue weighted by atomic mass is 9.92. The minimum atomic E-state index is -0.349. The Kier molecular flexibility index (Phi) is 9.33. The van der Waals surface area contributed by atoms with Crippen LogP contribution in [0.1, 0.15) is 58.7 Å². The summed E-state index contributed by atoms with van der Waals surface area (Å²) in [6, 6.07) is 16.8. The second-order valence-electron chi connectivity index (χ2n) is 10.1. The van der Waals surface area contributed by atoms with Crippen molar-refractivity contribution < 1.29 is 14.3 Å². The summed E-state index contributed by atoms with van der Waals surface area (Å²) in [7, 11) is 0. The molecule has 3 rings (SSSR count). The minimum absolute atomic E-state index is 0.0908. The molecule has 0 aliphatic carbocycles. The predicted molar refractivity (Wildman–Crippen MR) is 149 cm³/mol. The average molecular weight is 506 g/mol. The number of urea groups is 1. The summed E-state index contributed by atoms with van der Waals surface area (Å²) in [6.45, 7) is 13.1. The van der Waals surface area contributed by atoms with Crippen LogP contribution in [0.2, 0.25) is 0 Å². The zero-order valence-corrected chi connectivity index (χ0v) is 22.8. The van der Waals surface area contributed by atoms with Gasteiger partial charge in [-0.25, -0.2) is 9.48 Å². The number of hydrogen-bond acceptors (Lipinski definition) is 4. The molecule has 2 aromatic carbocycles. The molecule has 3 amide bonds. The molecule has 0 bridgehead atoms. The van der Waals surface area contributed by atoms with Gasteiger partial charge in [-0.15, -0.1) is 0 Å². The number of amides is 3. The fourth-order valence-electron chi connectivity index (χ4n) is 3.80. The highest BCUT2D eigenvalue weighted by atomic mass is 16.5. The first-order valence-corrected chi connectivity index (χ1v) is 12.9. The maximum absolute atomic E-state index is 13.2. The van der Waals surface area contributed by atoms with Crippen LogP contribution in [0.25, 0.3) is 5.69 Å². The minimum Gasteiger partial charge on any atom is -0.492 e. The quantitative estimate of drug-likeness (QED) is 0.346. The third-order valence-corrected chi connectivity index (χ3v) is 5.82. The highest BCUT2D eigenvalue weighted by Crippen LogP contribution is 2.27. The fraction of sp³-hybridized carbons (Fsp3) is 0.414. The third kappa shape index (κ3) is 7.59. The van der Waals surface area contributed by atoms with Crippen molar-refractivity contribution in [3.63, 3.8) is 0 Å². The van der Waals surface area contributed by atoms with E-state index in [1.807, 2.05) is 62.4 Å². The zero-order valence-electron chi connectivity index (χ0n) is 22.8. The van der Waals surface area contributed by atoms with E-state index in [2.05, 4.69) is 38.3 Å². The first-order chi connectivity index (χ1) is 17.6. The highest BCUT2D eigenvalue weighted by molar-refractivity contribution is 5.97. The molecule has 1 heterocycles. The Balaban J connectivity index is 1.81. The van der Waals surface area contributed by atoms with Crippen molar-refractivity contribution in [2.45, 2.75) is 59.8 Å². The number of aromatic nitrogens is 2. The Hall–Kier alpha value is -3.81. The number of benzene rings is 2. The number of rotatable bonds is 10. The molecule has 0 aliphatic rings. The van der Waals surface area contributed by atoms with Gasteiger partial charge in [0, 0.05) is 18.0 Å². The summed E-state index contributed by atoms with van der Waals surface area (Å²) >= 11 is 0. The van der Waals surface area contributed by atoms with Crippen LogP contribution in [0.3, 0.4) is 0 Å². The van der Waals surface area contributed by atoms with Crippen molar-refractivity contribution in [1.29, 1.82) is 0 Å². The number of hydrogen-bond donors (Lipinski definition) is 2. The first kappa shape index (κ1) is 27.8. The Bertz CT molecular complexity index is 1210. The zero-order chi connectivity index (χ0) is 27.0. The molecule has 0 saturated heterocycles. The van der Waals surface area contributed by atoms with Gasteiger partial charge in [0.2, 0.25) is 5.91 Å². The second kappa shape index (κ2) is 12.4. The number of nitrogens with one attached hydrogen (secondary N) is 2. The summed E-state index contributed by atoms with van der Waals surface area (Å²) in [5.41, 5.74) is 3.19. The summed E-state index contributed by atoms with van der Waals surface area (Å²) < 4.78 is 7.38. The average Bonchev–Trinajstić information content (AvgIpc) is 3.27. The van der Waals surface area contributed by atoms with Crippen molar-refractivity contribution >= 4 is 23.4 Å². The smallest absolute Gasteiger partial charge is 0.322 e. The second-order valence-corrected chi connectivity index (χ2v) is 10.1. The van der Waals surface area contributed by atoms with Crippen molar-refractivity contribution in [1.82, 2.24) is 14.7 Å². The van der Waals surface area contributed by atoms with Gasteiger partial charge in [0.1, 0.15) is 18.1 Å². The van der Waals surface area contributed by atoms with Crippen molar-refractivity contribution in [3.05, 3.63) is 65.9 Å². The molecule has 0 radical (unpaired) electrons. The number of unbranched alkanes of at least 4 members (excludes halogenated alkanes) is 1. The van der Waals surface area contributed by atoms with E-state index in [0.29, 0.717) is 30.4 Å². The lowest BCUT2D eigenvalue weighted by Gasteiger charge is -2.23. The van der Waals surface area contributed by atoms with E-state index in [-0.39, 0.29) is 23.9 Å². The molecular weight excluding hydrogens is 466 g/mol. The molecule has 0 atom stereocenters. The first-order valence-electron chi connectivity index (χ1n) is 12.9. The van der Waals surface area contributed by atoms with E-state index in [0.717, 1.165) is 29.8 Å². The molecule has 8 nitrogen and oxygen atoms in total. The fourth-order valence-corrected chi connectivity index (χ4v) is 3.80. The molecule has 198 valence electrons. The van der Waals surface area contributed by atoms with E-state index in [1.54, 1.807) is 10.7 Å². The van der Waals surface area contributed by atoms with Gasteiger partial charge in [0.25, 0.3) is 0 Å². The molecule has 0 unspecified atom stereocenters. The van der Waals surface area contributed by atoms with Crippen LogP contribution in [-0.2, 0) is 10.2 Å². The van der Waals surface area contributed by atoms with E-state index in [9.17, 15) is 9.59 Å². The van der Waals surface area contributed by atoms with E-state index in [4.69, 9.17) is 9.84 Å². The predicted octanol–water partition coefficient (Wildman–Crippen LogP) is 6.15. The molecule has 1 aromatic heterocycles. The van der Waals surface area contributed by atoms with Crippen molar-refractivity contribution in [2.75, 3.05) is 30.3 Å². The maximum Gasteiger partial charge on any atom is 0.322 e. The van der Waals surface area contributed by atoms with Crippen LogP contribution < -0.4 is 15.4 Å². The standard InChI is InChI=1S/C29H39N5O3/c1-7-9-17-33(28(36)30-23-15-10-11-16-24(23)37-8-2)20-27(35)31-26-19-25(29(4,5)6)32-34(26)22-14-12-13-21(3)18-22/h10-16,18-19H,7-9,17,20H2,1-6H3,(H,30,36)(H,31,35). The van der Waals surface area contributed by atoms with Gasteiger partial charge in [-0.1, -0.05) is 58.4 Å². The Morgan fingerprint density at radius 3 is 2.46 bits per heavy atom. The normalized spacial score (nSPS) is 11.2. The molecule has 0 aliphatic heterocycles.